The number of hydrogen-bond donors (Lipinski definition) is 0. The van der Waals surface area contributed by atoms with Crippen LogP contribution in [0.3, 0.4) is 0 Å². The lowest BCUT2D eigenvalue weighted by atomic mass is 9.90. The van der Waals surface area contributed by atoms with Gasteiger partial charge in [0.05, 0.1) is 0 Å². The van der Waals surface area contributed by atoms with E-state index in [1.807, 2.05) is 6.92 Å². The third-order valence-corrected chi connectivity index (χ3v) is 2.86. The topological polar surface area (TPSA) is 35.5 Å². The fourth-order valence-electron chi connectivity index (χ4n) is 2.02. The minimum absolute atomic E-state index is 0.168. The summed E-state index contributed by atoms with van der Waals surface area (Å²) in [6.45, 7) is 6.10. The first kappa shape index (κ1) is 12.7. The normalized spacial score (nSPS) is 20.1. The van der Waals surface area contributed by atoms with Gasteiger partial charge in [-0.1, -0.05) is 13.3 Å². The lowest BCUT2D eigenvalue weighted by molar-refractivity contribution is -0.137. The van der Waals surface area contributed by atoms with E-state index in [1.165, 1.54) is 0 Å². The molecule has 88 valence electrons. The highest BCUT2D eigenvalue weighted by Gasteiger charge is 2.28. The summed E-state index contributed by atoms with van der Waals surface area (Å²) in [5, 5.41) is 0. The van der Waals surface area contributed by atoms with Gasteiger partial charge >= 0.3 is 0 Å². The standard InChI is InChI=1S/C12H22O3/c1-3-5-11(15-4-2)12(13)10-6-8-14-9-7-10/h10-11H,3-9H2,1-2H3. The van der Waals surface area contributed by atoms with Gasteiger partial charge in [0.1, 0.15) is 6.10 Å². The Hall–Kier alpha value is -0.410. The quantitative estimate of drug-likeness (QED) is 0.680. The average molecular weight is 214 g/mol. The van der Waals surface area contributed by atoms with Crippen LogP contribution in [0.5, 0.6) is 0 Å². The summed E-state index contributed by atoms with van der Waals surface area (Å²) in [5.74, 6) is 0.462. The fourth-order valence-corrected chi connectivity index (χ4v) is 2.02. The van der Waals surface area contributed by atoms with Gasteiger partial charge in [0, 0.05) is 25.7 Å². The first-order valence-electron chi connectivity index (χ1n) is 6.02. The molecule has 1 fully saturated rings. The second kappa shape index (κ2) is 6.96. The van der Waals surface area contributed by atoms with Gasteiger partial charge in [-0.05, 0) is 26.2 Å². The van der Waals surface area contributed by atoms with E-state index in [0.717, 1.165) is 38.9 Å². The van der Waals surface area contributed by atoms with Gasteiger partial charge in [-0.2, -0.15) is 0 Å². The monoisotopic (exact) mass is 214 g/mol. The summed E-state index contributed by atoms with van der Waals surface area (Å²) in [6.07, 6.45) is 3.41. The van der Waals surface area contributed by atoms with Crippen LogP contribution in [0.2, 0.25) is 0 Å². The molecule has 0 bridgehead atoms. The highest BCUT2D eigenvalue weighted by molar-refractivity contribution is 5.85. The molecular weight excluding hydrogens is 192 g/mol. The van der Waals surface area contributed by atoms with Crippen LogP contribution < -0.4 is 0 Å². The Morgan fingerprint density at radius 2 is 2.07 bits per heavy atom. The van der Waals surface area contributed by atoms with E-state index in [4.69, 9.17) is 9.47 Å². The Labute approximate surface area is 92.1 Å². The summed E-state index contributed by atoms with van der Waals surface area (Å²) >= 11 is 0. The van der Waals surface area contributed by atoms with Crippen molar-refractivity contribution in [3.05, 3.63) is 0 Å². The van der Waals surface area contributed by atoms with E-state index < -0.39 is 0 Å². The molecule has 1 unspecified atom stereocenters. The van der Waals surface area contributed by atoms with Crippen molar-refractivity contribution in [2.45, 2.75) is 45.6 Å². The Morgan fingerprint density at radius 1 is 1.40 bits per heavy atom. The molecule has 1 heterocycles. The molecule has 0 aromatic heterocycles. The predicted octanol–water partition coefficient (Wildman–Crippen LogP) is 2.19. The van der Waals surface area contributed by atoms with Gasteiger partial charge in [-0.25, -0.2) is 0 Å². The molecule has 1 atom stereocenters. The van der Waals surface area contributed by atoms with Crippen LogP contribution in [0.15, 0.2) is 0 Å². The van der Waals surface area contributed by atoms with Crippen molar-refractivity contribution in [1.29, 1.82) is 0 Å². The second-order valence-electron chi connectivity index (χ2n) is 4.02. The van der Waals surface area contributed by atoms with E-state index in [1.54, 1.807) is 0 Å². The van der Waals surface area contributed by atoms with Crippen LogP contribution in [0.4, 0.5) is 0 Å². The average Bonchev–Trinajstić information content (AvgIpc) is 2.29. The Kier molecular flexibility index (Phi) is 5.88. The summed E-state index contributed by atoms with van der Waals surface area (Å²) in [6, 6.07) is 0. The van der Waals surface area contributed by atoms with E-state index in [2.05, 4.69) is 6.92 Å². The molecule has 1 aliphatic heterocycles. The molecular formula is C12H22O3. The molecule has 0 N–H and O–H groups in total. The predicted molar refractivity (Wildman–Crippen MR) is 58.9 cm³/mol. The van der Waals surface area contributed by atoms with E-state index in [0.29, 0.717) is 12.4 Å². The Balaban J connectivity index is 2.45. The summed E-state index contributed by atoms with van der Waals surface area (Å²) in [7, 11) is 0. The molecule has 0 saturated carbocycles. The van der Waals surface area contributed by atoms with Gasteiger partial charge in [0.2, 0.25) is 0 Å². The SMILES string of the molecule is CCCC(OCC)C(=O)C1CCOCC1. The summed E-state index contributed by atoms with van der Waals surface area (Å²) < 4.78 is 10.8. The van der Waals surface area contributed by atoms with Gasteiger partial charge in [-0.15, -0.1) is 0 Å². The zero-order valence-corrected chi connectivity index (χ0v) is 9.83. The number of ether oxygens (including phenoxy) is 2. The number of Topliss-reactive ketones (excluding diaryl/α,β-unsaturated/α-hetero) is 1. The molecule has 1 saturated heterocycles. The molecule has 0 amide bonds. The number of hydrogen-bond acceptors (Lipinski definition) is 3. The van der Waals surface area contributed by atoms with Crippen molar-refractivity contribution >= 4 is 5.78 Å². The van der Waals surface area contributed by atoms with Crippen molar-refractivity contribution in [2.75, 3.05) is 19.8 Å². The van der Waals surface area contributed by atoms with E-state index in [9.17, 15) is 4.79 Å². The molecule has 0 radical (unpaired) electrons. The highest BCUT2D eigenvalue weighted by atomic mass is 16.5. The third kappa shape index (κ3) is 3.92. The molecule has 1 aliphatic rings. The van der Waals surface area contributed by atoms with Crippen molar-refractivity contribution in [2.24, 2.45) is 5.92 Å². The maximum Gasteiger partial charge on any atom is 0.164 e. The fraction of sp³-hybridized carbons (Fsp3) is 0.917. The maximum atomic E-state index is 12.1. The van der Waals surface area contributed by atoms with Gasteiger partial charge in [0.25, 0.3) is 0 Å². The Bertz CT molecular complexity index is 179. The molecule has 3 nitrogen and oxygen atoms in total. The molecule has 0 aliphatic carbocycles. The number of carbonyl (C=O) groups excluding carboxylic acids is 1. The van der Waals surface area contributed by atoms with Crippen LogP contribution >= 0.6 is 0 Å². The van der Waals surface area contributed by atoms with Gasteiger partial charge in [-0.3, -0.25) is 4.79 Å². The lowest BCUT2D eigenvalue weighted by Gasteiger charge is -2.25. The number of carbonyl (C=O) groups is 1. The summed E-state index contributed by atoms with van der Waals surface area (Å²) in [4.78, 5) is 12.1. The van der Waals surface area contributed by atoms with E-state index in [-0.39, 0.29) is 12.0 Å². The minimum Gasteiger partial charge on any atom is -0.381 e. The largest absolute Gasteiger partial charge is 0.381 e. The molecule has 1 rings (SSSR count). The number of ketones is 1. The lowest BCUT2D eigenvalue weighted by Crippen LogP contribution is -2.34. The second-order valence-corrected chi connectivity index (χ2v) is 4.02. The highest BCUT2D eigenvalue weighted by Crippen LogP contribution is 2.20. The molecule has 0 aromatic rings. The first-order chi connectivity index (χ1) is 7.29. The van der Waals surface area contributed by atoms with Crippen LogP contribution in [-0.4, -0.2) is 31.7 Å². The first-order valence-corrected chi connectivity index (χ1v) is 6.02. The Morgan fingerprint density at radius 3 is 2.60 bits per heavy atom. The third-order valence-electron chi connectivity index (χ3n) is 2.86. The van der Waals surface area contributed by atoms with Crippen LogP contribution in [0.25, 0.3) is 0 Å². The molecule has 0 spiro atoms. The van der Waals surface area contributed by atoms with Crippen molar-refractivity contribution < 1.29 is 14.3 Å². The van der Waals surface area contributed by atoms with E-state index >= 15 is 0 Å². The molecule has 0 aromatic carbocycles. The molecule has 3 heteroatoms. The zero-order valence-electron chi connectivity index (χ0n) is 9.83. The smallest absolute Gasteiger partial charge is 0.164 e. The zero-order chi connectivity index (χ0) is 11.1. The van der Waals surface area contributed by atoms with Crippen molar-refractivity contribution in [3.8, 4) is 0 Å². The number of rotatable bonds is 6. The van der Waals surface area contributed by atoms with Gasteiger partial charge in [0.15, 0.2) is 5.78 Å². The van der Waals surface area contributed by atoms with Crippen molar-refractivity contribution in [3.63, 3.8) is 0 Å². The summed E-state index contributed by atoms with van der Waals surface area (Å²) in [5.41, 5.74) is 0. The van der Waals surface area contributed by atoms with Crippen molar-refractivity contribution in [1.82, 2.24) is 0 Å². The maximum absolute atomic E-state index is 12.1. The van der Waals surface area contributed by atoms with Crippen LogP contribution in [0, 0.1) is 5.92 Å². The minimum atomic E-state index is -0.178. The van der Waals surface area contributed by atoms with Crippen LogP contribution in [-0.2, 0) is 14.3 Å². The molecule has 15 heavy (non-hydrogen) atoms. The van der Waals surface area contributed by atoms with Gasteiger partial charge < -0.3 is 9.47 Å². The van der Waals surface area contributed by atoms with Crippen LogP contribution in [0.1, 0.15) is 39.5 Å².